The minimum atomic E-state index is -0.494. The van der Waals surface area contributed by atoms with Crippen LogP contribution in [0.3, 0.4) is 0 Å². The average molecular weight is 303 g/mol. The van der Waals surface area contributed by atoms with Gasteiger partial charge in [-0.3, -0.25) is 0 Å². The lowest BCUT2D eigenvalue weighted by molar-refractivity contribution is 0.124. The zero-order valence-corrected chi connectivity index (χ0v) is 13.3. The molecule has 0 aliphatic rings. The predicted octanol–water partition coefficient (Wildman–Crippen LogP) is 2.22. The lowest BCUT2D eigenvalue weighted by Crippen LogP contribution is -2.38. The van der Waals surface area contributed by atoms with E-state index in [0.29, 0.717) is 5.82 Å². The molecule has 1 amide bonds. The van der Waals surface area contributed by atoms with Crippen LogP contribution < -0.4 is 5.32 Å². The maximum Gasteiger partial charge on any atom is 0.408 e. The summed E-state index contributed by atoms with van der Waals surface area (Å²) >= 11 is 0. The highest BCUT2D eigenvalue weighted by atomic mass is 16.5. The summed E-state index contributed by atoms with van der Waals surface area (Å²) < 4.78 is 6.81. The number of hydrogen-bond donors (Lipinski definition) is 1. The van der Waals surface area contributed by atoms with Crippen LogP contribution in [0.5, 0.6) is 0 Å². The van der Waals surface area contributed by atoms with E-state index in [0.717, 1.165) is 5.56 Å². The molecule has 0 saturated heterocycles. The van der Waals surface area contributed by atoms with Crippen LogP contribution in [0, 0.1) is 5.41 Å². The Labute approximate surface area is 129 Å². The van der Waals surface area contributed by atoms with Gasteiger partial charge in [-0.1, -0.05) is 51.1 Å². The number of nitrogens with one attached hydrogen (secondary N) is 1. The number of aromatic nitrogens is 4. The Morgan fingerprint density at radius 2 is 2.00 bits per heavy atom. The highest BCUT2D eigenvalue weighted by Gasteiger charge is 2.32. The lowest BCUT2D eigenvalue weighted by atomic mass is 9.86. The Morgan fingerprint density at radius 1 is 1.32 bits per heavy atom. The summed E-state index contributed by atoms with van der Waals surface area (Å²) in [6.07, 6.45) is -0.494. The van der Waals surface area contributed by atoms with Gasteiger partial charge in [-0.05, 0) is 21.4 Å². The topological polar surface area (TPSA) is 81.9 Å². The molecule has 0 fully saturated rings. The Bertz CT molecular complexity index is 618. The summed E-state index contributed by atoms with van der Waals surface area (Å²) in [5.74, 6) is 0.587. The van der Waals surface area contributed by atoms with Crippen molar-refractivity contribution < 1.29 is 9.53 Å². The Morgan fingerprint density at radius 3 is 2.55 bits per heavy atom. The Kier molecular flexibility index (Phi) is 4.75. The molecule has 0 radical (unpaired) electrons. The molecule has 1 aromatic carbocycles. The average Bonchev–Trinajstić information content (AvgIpc) is 2.88. The van der Waals surface area contributed by atoms with Gasteiger partial charge in [0, 0.05) is 7.05 Å². The summed E-state index contributed by atoms with van der Waals surface area (Å²) in [5.41, 5.74) is 0.680. The van der Waals surface area contributed by atoms with Crippen LogP contribution in [0.4, 0.5) is 4.79 Å². The first-order valence-electron chi connectivity index (χ1n) is 7.07. The number of alkyl carbamates (subject to hydrolysis) is 1. The van der Waals surface area contributed by atoms with Crippen molar-refractivity contribution in [2.75, 3.05) is 0 Å². The molecule has 7 nitrogen and oxygen atoms in total. The molecule has 0 aliphatic heterocycles. The number of tetrazole rings is 1. The molecule has 2 rings (SSSR count). The zero-order chi connectivity index (χ0) is 16.2. The molecule has 0 aliphatic carbocycles. The van der Waals surface area contributed by atoms with E-state index in [1.165, 1.54) is 0 Å². The Hall–Kier alpha value is -2.44. The van der Waals surface area contributed by atoms with Gasteiger partial charge in [0.1, 0.15) is 6.61 Å². The second-order valence-electron chi connectivity index (χ2n) is 6.17. The molecular weight excluding hydrogens is 282 g/mol. The number of nitrogens with zero attached hydrogens (tertiary/aromatic N) is 4. The van der Waals surface area contributed by atoms with Crippen molar-refractivity contribution in [1.82, 2.24) is 25.5 Å². The van der Waals surface area contributed by atoms with Crippen LogP contribution in [-0.2, 0) is 18.4 Å². The van der Waals surface area contributed by atoms with Crippen molar-refractivity contribution in [3.63, 3.8) is 0 Å². The standard InChI is InChI=1S/C15H21N5O2/c1-15(2,3)12(13-17-18-19-20(13)4)16-14(21)22-10-11-8-6-5-7-9-11/h5-9,12H,10H2,1-4H3,(H,16,21)/t12-/m1/s1. The third-order valence-corrected chi connectivity index (χ3v) is 3.25. The minimum absolute atomic E-state index is 0.223. The number of rotatable bonds is 4. The SMILES string of the molecule is Cn1nnnc1[C@@H](NC(=O)OCc1ccccc1)C(C)(C)C. The molecule has 0 saturated carbocycles. The first-order valence-corrected chi connectivity index (χ1v) is 7.07. The summed E-state index contributed by atoms with van der Waals surface area (Å²) in [7, 11) is 1.74. The molecule has 0 bridgehead atoms. The molecule has 1 heterocycles. The van der Waals surface area contributed by atoms with Gasteiger partial charge in [-0.15, -0.1) is 5.10 Å². The monoisotopic (exact) mass is 303 g/mol. The maximum absolute atomic E-state index is 12.1. The summed E-state index contributed by atoms with van der Waals surface area (Å²) in [4.78, 5) is 12.1. The third kappa shape index (κ3) is 4.03. The largest absolute Gasteiger partial charge is 0.445 e. The Balaban J connectivity index is 2.02. The number of aryl methyl sites for hydroxylation is 1. The van der Waals surface area contributed by atoms with Crippen LogP contribution in [0.15, 0.2) is 30.3 Å². The van der Waals surface area contributed by atoms with Crippen LogP contribution in [-0.4, -0.2) is 26.3 Å². The lowest BCUT2D eigenvalue weighted by Gasteiger charge is -2.29. The van der Waals surface area contributed by atoms with Gasteiger partial charge in [0.05, 0.1) is 6.04 Å². The van der Waals surface area contributed by atoms with Gasteiger partial charge in [0.2, 0.25) is 0 Å². The number of carbonyl (C=O) groups is 1. The van der Waals surface area contributed by atoms with Gasteiger partial charge >= 0.3 is 6.09 Å². The molecule has 0 unspecified atom stereocenters. The number of carbonyl (C=O) groups excluding carboxylic acids is 1. The number of ether oxygens (including phenoxy) is 1. The summed E-state index contributed by atoms with van der Waals surface area (Å²) in [6.45, 7) is 6.23. The van der Waals surface area contributed by atoms with E-state index in [1.54, 1.807) is 11.7 Å². The van der Waals surface area contributed by atoms with Crippen LogP contribution in [0.2, 0.25) is 0 Å². The van der Waals surface area contributed by atoms with Gasteiger partial charge < -0.3 is 10.1 Å². The molecule has 1 N–H and O–H groups in total. The van der Waals surface area contributed by atoms with Crippen LogP contribution >= 0.6 is 0 Å². The van der Waals surface area contributed by atoms with Crippen molar-refractivity contribution in [3.8, 4) is 0 Å². The van der Waals surface area contributed by atoms with Crippen LogP contribution in [0.25, 0.3) is 0 Å². The van der Waals surface area contributed by atoms with E-state index >= 15 is 0 Å². The fourth-order valence-corrected chi connectivity index (χ4v) is 2.03. The zero-order valence-electron chi connectivity index (χ0n) is 13.3. The van der Waals surface area contributed by atoms with E-state index in [4.69, 9.17) is 4.74 Å². The predicted molar refractivity (Wildman–Crippen MR) is 80.8 cm³/mol. The molecule has 7 heteroatoms. The fourth-order valence-electron chi connectivity index (χ4n) is 2.03. The van der Waals surface area contributed by atoms with E-state index in [2.05, 4.69) is 20.8 Å². The van der Waals surface area contributed by atoms with Gasteiger partial charge in [-0.2, -0.15) is 0 Å². The summed E-state index contributed by atoms with van der Waals surface area (Å²) in [5, 5.41) is 14.3. The molecule has 1 aromatic heterocycles. The van der Waals surface area contributed by atoms with E-state index in [-0.39, 0.29) is 18.1 Å². The first-order chi connectivity index (χ1) is 10.4. The molecule has 1 atom stereocenters. The number of hydrogen-bond acceptors (Lipinski definition) is 5. The van der Waals surface area contributed by atoms with Crippen molar-refractivity contribution in [2.45, 2.75) is 33.4 Å². The second-order valence-corrected chi connectivity index (χ2v) is 6.17. The normalized spacial score (nSPS) is 12.7. The van der Waals surface area contributed by atoms with Gasteiger partial charge in [-0.25, -0.2) is 9.48 Å². The number of benzene rings is 1. The smallest absolute Gasteiger partial charge is 0.408 e. The molecule has 0 spiro atoms. The van der Waals surface area contributed by atoms with E-state index < -0.39 is 6.09 Å². The van der Waals surface area contributed by atoms with Gasteiger partial charge in [0.15, 0.2) is 5.82 Å². The van der Waals surface area contributed by atoms with E-state index in [9.17, 15) is 4.79 Å². The van der Waals surface area contributed by atoms with Crippen LogP contribution in [0.1, 0.15) is 38.2 Å². The fraction of sp³-hybridized carbons (Fsp3) is 0.467. The van der Waals surface area contributed by atoms with Crippen molar-refractivity contribution >= 4 is 6.09 Å². The molecule has 118 valence electrons. The third-order valence-electron chi connectivity index (χ3n) is 3.25. The minimum Gasteiger partial charge on any atom is -0.445 e. The number of amides is 1. The van der Waals surface area contributed by atoms with Crippen molar-refractivity contribution in [1.29, 1.82) is 0 Å². The van der Waals surface area contributed by atoms with E-state index in [1.807, 2.05) is 51.1 Å². The quantitative estimate of drug-likeness (QED) is 0.936. The van der Waals surface area contributed by atoms with Crippen molar-refractivity contribution in [3.05, 3.63) is 41.7 Å². The van der Waals surface area contributed by atoms with Gasteiger partial charge in [0.25, 0.3) is 0 Å². The molecular formula is C15H21N5O2. The second kappa shape index (κ2) is 6.55. The molecule has 2 aromatic rings. The van der Waals surface area contributed by atoms with Crippen molar-refractivity contribution in [2.24, 2.45) is 12.5 Å². The highest BCUT2D eigenvalue weighted by Crippen LogP contribution is 2.31. The maximum atomic E-state index is 12.1. The summed E-state index contributed by atoms with van der Waals surface area (Å²) in [6, 6.07) is 9.18. The highest BCUT2D eigenvalue weighted by molar-refractivity contribution is 5.67. The first kappa shape index (κ1) is 15.9. The molecule has 22 heavy (non-hydrogen) atoms.